The largest absolute Gasteiger partial charge is 0.481 e. The van der Waals surface area contributed by atoms with Crippen molar-refractivity contribution in [3.05, 3.63) is 83.9 Å². The molecule has 1 amide bonds. The SMILES string of the molecule is Cc1ccc(C)c(OC(C)C(=O)Nc2ccc(Nc3ccccc3)cc2)c1. The van der Waals surface area contributed by atoms with Crippen LogP contribution in [0.3, 0.4) is 0 Å². The molecule has 27 heavy (non-hydrogen) atoms. The molecule has 1 unspecified atom stereocenters. The average molecular weight is 360 g/mol. The van der Waals surface area contributed by atoms with Crippen molar-refractivity contribution in [2.45, 2.75) is 26.9 Å². The highest BCUT2D eigenvalue weighted by atomic mass is 16.5. The van der Waals surface area contributed by atoms with Crippen molar-refractivity contribution >= 4 is 23.0 Å². The van der Waals surface area contributed by atoms with Gasteiger partial charge >= 0.3 is 0 Å². The molecular weight excluding hydrogens is 336 g/mol. The molecule has 0 fully saturated rings. The molecule has 138 valence electrons. The number of hydrogen-bond donors (Lipinski definition) is 2. The maximum atomic E-state index is 12.4. The second-order valence-electron chi connectivity index (χ2n) is 6.59. The van der Waals surface area contributed by atoms with Gasteiger partial charge in [-0.25, -0.2) is 0 Å². The van der Waals surface area contributed by atoms with Crippen LogP contribution in [-0.2, 0) is 4.79 Å². The van der Waals surface area contributed by atoms with Gasteiger partial charge in [-0.1, -0.05) is 30.3 Å². The molecule has 1 atom stereocenters. The van der Waals surface area contributed by atoms with E-state index in [1.807, 2.05) is 86.6 Å². The normalized spacial score (nSPS) is 11.5. The van der Waals surface area contributed by atoms with Crippen LogP contribution >= 0.6 is 0 Å². The lowest BCUT2D eigenvalue weighted by atomic mass is 10.1. The minimum absolute atomic E-state index is 0.181. The van der Waals surface area contributed by atoms with Crippen LogP contribution in [0.5, 0.6) is 5.75 Å². The van der Waals surface area contributed by atoms with E-state index in [9.17, 15) is 4.79 Å². The van der Waals surface area contributed by atoms with Gasteiger partial charge < -0.3 is 15.4 Å². The molecule has 2 N–H and O–H groups in total. The molecule has 3 rings (SSSR count). The van der Waals surface area contributed by atoms with Crippen molar-refractivity contribution in [2.75, 3.05) is 10.6 Å². The van der Waals surface area contributed by atoms with E-state index in [0.717, 1.165) is 33.9 Å². The van der Waals surface area contributed by atoms with Crippen molar-refractivity contribution in [3.63, 3.8) is 0 Å². The maximum Gasteiger partial charge on any atom is 0.265 e. The predicted molar refractivity (Wildman–Crippen MR) is 111 cm³/mol. The Hall–Kier alpha value is -3.27. The standard InChI is InChI=1S/C23H24N2O2/c1-16-9-10-17(2)22(15-16)27-18(3)23(26)25-21-13-11-20(12-14-21)24-19-7-5-4-6-8-19/h4-15,18,24H,1-3H3,(H,25,26). The first-order valence-corrected chi connectivity index (χ1v) is 8.98. The smallest absolute Gasteiger partial charge is 0.265 e. The summed E-state index contributed by atoms with van der Waals surface area (Å²) in [6.07, 6.45) is -0.590. The van der Waals surface area contributed by atoms with E-state index in [1.54, 1.807) is 6.92 Å². The molecule has 0 saturated heterocycles. The van der Waals surface area contributed by atoms with E-state index in [2.05, 4.69) is 10.6 Å². The van der Waals surface area contributed by atoms with E-state index in [0.29, 0.717) is 0 Å². The summed E-state index contributed by atoms with van der Waals surface area (Å²) >= 11 is 0. The number of hydrogen-bond acceptors (Lipinski definition) is 3. The minimum atomic E-state index is -0.590. The molecule has 3 aromatic carbocycles. The van der Waals surface area contributed by atoms with Crippen LogP contribution in [0, 0.1) is 13.8 Å². The average Bonchev–Trinajstić information content (AvgIpc) is 2.67. The summed E-state index contributed by atoms with van der Waals surface area (Å²) in [4.78, 5) is 12.4. The zero-order chi connectivity index (χ0) is 19.2. The molecule has 4 heteroatoms. The maximum absolute atomic E-state index is 12.4. The molecule has 0 aliphatic heterocycles. The van der Waals surface area contributed by atoms with Crippen LogP contribution in [0.1, 0.15) is 18.1 Å². The van der Waals surface area contributed by atoms with E-state index in [-0.39, 0.29) is 5.91 Å². The summed E-state index contributed by atoms with van der Waals surface area (Å²) in [6, 6.07) is 23.5. The first-order valence-electron chi connectivity index (χ1n) is 8.98. The lowest BCUT2D eigenvalue weighted by molar-refractivity contribution is -0.122. The third-order valence-electron chi connectivity index (χ3n) is 4.23. The van der Waals surface area contributed by atoms with Crippen LogP contribution < -0.4 is 15.4 Å². The van der Waals surface area contributed by atoms with Crippen LogP contribution in [0.15, 0.2) is 72.8 Å². The number of ether oxygens (including phenoxy) is 1. The van der Waals surface area contributed by atoms with Gasteiger partial charge in [0.25, 0.3) is 5.91 Å². The Labute approximate surface area is 160 Å². The molecule has 3 aromatic rings. The summed E-state index contributed by atoms with van der Waals surface area (Å²) < 4.78 is 5.84. The number of para-hydroxylation sites is 1. The third-order valence-corrected chi connectivity index (χ3v) is 4.23. The Morgan fingerprint density at radius 1 is 0.852 bits per heavy atom. The van der Waals surface area contributed by atoms with Gasteiger partial charge in [0.05, 0.1) is 0 Å². The Morgan fingerprint density at radius 2 is 1.48 bits per heavy atom. The first-order chi connectivity index (χ1) is 13.0. The number of anilines is 3. The van der Waals surface area contributed by atoms with Crippen molar-refractivity contribution in [1.82, 2.24) is 0 Å². The lowest BCUT2D eigenvalue weighted by Crippen LogP contribution is -2.30. The quantitative estimate of drug-likeness (QED) is 0.614. The molecule has 0 aliphatic carbocycles. The van der Waals surface area contributed by atoms with E-state index in [1.165, 1.54) is 0 Å². The molecule has 0 radical (unpaired) electrons. The van der Waals surface area contributed by atoms with Gasteiger partial charge in [-0.15, -0.1) is 0 Å². The fourth-order valence-electron chi connectivity index (χ4n) is 2.65. The van der Waals surface area contributed by atoms with Crippen molar-refractivity contribution in [2.24, 2.45) is 0 Å². The number of carbonyl (C=O) groups excluding carboxylic acids is 1. The van der Waals surface area contributed by atoms with E-state index < -0.39 is 6.10 Å². The van der Waals surface area contributed by atoms with Crippen LogP contribution in [0.4, 0.5) is 17.1 Å². The number of carbonyl (C=O) groups is 1. The highest BCUT2D eigenvalue weighted by Crippen LogP contribution is 2.22. The zero-order valence-electron chi connectivity index (χ0n) is 15.8. The topological polar surface area (TPSA) is 50.4 Å². The molecule has 0 aromatic heterocycles. The number of rotatable bonds is 6. The van der Waals surface area contributed by atoms with Crippen LogP contribution in [-0.4, -0.2) is 12.0 Å². The van der Waals surface area contributed by atoms with Crippen molar-refractivity contribution < 1.29 is 9.53 Å². The van der Waals surface area contributed by atoms with E-state index >= 15 is 0 Å². The fraction of sp³-hybridized carbons (Fsp3) is 0.174. The number of benzene rings is 3. The second-order valence-corrected chi connectivity index (χ2v) is 6.59. The minimum Gasteiger partial charge on any atom is -0.481 e. The van der Waals surface area contributed by atoms with Crippen LogP contribution in [0.25, 0.3) is 0 Å². The highest BCUT2D eigenvalue weighted by molar-refractivity contribution is 5.94. The molecule has 0 aliphatic rings. The molecule has 4 nitrogen and oxygen atoms in total. The predicted octanol–water partition coefficient (Wildman–Crippen LogP) is 5.45. The lowest BCUT2D eigenvalue weighted by Gasteiger charge is -2.17. The second kappa shape index (κ2) is 8.41. The number of nitrogens with one attached hydrogen (secondary N) is 2. The molecule has 0 heterocycles. The summed E-state index contributed by atoms with van der Waals surface area (Å²) in [5.41, 5.74) is 4.82. The Balaban J connectivity index is 1.59. The molecule has 0 saturated carbocycles. The van der Waals surface area contributed by atoms with Gasteiger partial charge in [-0.05, 0) is 74.4 Å². The Bertz CT molecular complexity index is 905. The first kappa shape index (κ1) is 18.5. The monoisotopic (exact) mass is 360 g/mol. The van der Waals surface area contributed by atoms with Gasteiger partial charge in [0.1, 0.15) is 5.75 Å². The van der Waals surface area contributed by atoms with Gasteiger partial charge in [0.2, 0.25) is 0 Å². The van der Waals surface area contributed by atoms with Crippen molar-refractivity contribution in [1.29, 1.82) is 0 Å². The summed E-state index contributed by atoms with van der Waals surface area (Å²) in [7, 11) is 0. The number of amides is 1. The number of aryl methyl sites for hydroxylation is 2. The van der Waals surface area contributed by atoms with Gasteiger partial charge in [-0.3, -0.25) is 4.79 Å². The van der Waals surface area contributed by atoms with Crippen LogP contribution in [0.2, 0.25) is 0 Å². The van der Waals surface area contributed by atoms with Gasteiger partial charge in [0.15, 0.2) is 6.10 Å². The van der Waals surface area contributed by atoms with E-state index in [4.69, 9.17) is 4.74 Å². The Morgan fingerprint density at radius 3 is 2.19 bits per heavy atom. The highest BCUT2D eigenvalue weighted by Gasteiger charge is 2.16. The molecular formula is C23H24N2O2. The van der Waals surface area contributed by atoms with Gasteiger partial charge in [0, 0.05) is 17.1 Å². The summed E-state index contributed by atoms with van der Waals surface area (Å²) in [5, 5.41) is 6.21. The fourth-order valence-corrected chi connectivity index (χ4v) is 2.65. The Kier molecular flexibility index (Phi) is 5.77. The molecule has 0 bridgehead atoms. The van der Waals surface area contributed by atoms with Crippen molar-refractivity contribution in [3.8, 4) is 5.75 Å². The summed E-state index contributed by atoms with van der Waals surface area (Å²) in [5.74, 6) is 0.555. The van der Waals surface area contributed by atoms with Gasteiger partial charge in [-0.2, -0.15) is 0 Å². The molecule has 0 spiro atoms. The third kappa shape index (κ3) is 5.11. The summed E-state index contributed by atoms with van der Waals surface area (Å²) in [6.45, 7) is 5.72. The zero-order valence-corrected chi connectivity index (χ0v) is 15.8.